The van der Waals surface area contributed by atoms with E-state index in [1.165, 1.54) is 0 Å². The van der Waals surface area contributed by atoms with Crippen molar-refractivity contribution in [3.05, 3.63) is 6.54 Å². The summed E-state index contributed by atoms with van der Waals surface area (Å²) >= 11 is 0. The van der Waals surface area contributed by atoms with Crippen molar-refractivity contribution >= 4 is 0 Å². The molecule has 0 aliphatic carbocycles. The van der Waals surface area contributed by atoms with Crippen LogP contribution in [-0.2, 0) is 21.1 Å². The molecule has 17 heavy (non-hydrogen) atoms. The number of hydrogen-bond acceptors (Lipinski definition) is 6. The Morgan fingerprint density at radius 3 is 1.53 bits per heavy atom. The number of hydrogen-bond donors (Lipinski definition) is 6. The van der Waals surface area contributed by atoms with Gasteiger partial charge in [0.05, 0.1) is 12.7 Å². The van der Waals surface area contributed by atoms with Gasteiger partial charge in [-0.3, -0.25) is 6.54 Å². The van der Waals surface area contributed by atoms with E-state index in [9.17, 15) is 0 Å². The predicted octanol–water partition coefficient (Wildman–Crippen LogP) is -15.5. The molecule has 0 heterocycles. The molecular weight excluding hydrogens is 501 g/mol. The van der Waals surface area contributed by atoms with Crippen molar-refractivity contribution in [2.45, 2.75) is 24.4 Å². The first-order chi connectivity index (χ1) is 5.54. The summed E-state index contributed by atoms with van der Waals surface area (Å²) in [6, 6.07) is -0.929. The molecule has 0 radical (unpaired) electrons. The Hall–Kier alpha value is 1.61. The Morgan fingerprint density at radius 1 is 0.941 bits per heavy atom. The summed E-state index contributed by atoms with van der Waals surface area (Å²) in [5.74, 6) is 0. The molecule has 6 nitrogen and oxygen atoms in total. The van der Waals surface area contributed by atoms with Crippen molar-refractivity contribution in [1.29, 1.82) is 0 Å². The minimum absolute atomic E-state index is 0. The topological polar surface area (TPSA) is 133 Å². The molecule has 0 rings (SSSR count). The zero-order valence-corrected chi connectivity index (χ0v) is 13.7. The van der Waals surface area contributed by atoms with E-state index in [0.717, 1.165) is 6.54 Å². The molecule has 0 unspecified atom stereocenters. The molecule has 0 saturated carbocycles. The quantitative estimate of drug-likeness (QED) is 0.201. The van der Waals surface area contributed by atoms with E-state index in [1.807, 2.05) is 0 Å². The molecule has 0 aliphatic heterocycles. The van der Waals surface area contributed by atoms with Crippen LogP contribution in [0.2, 0.25) is 0 Å². The molecule has 11 heteroatoms. The third-order valence-corrected chi connectivity index (χ3v) is 1.55. The second-order valence-electron chi connectivity index (χ2n) is 2.50. The summed E-state index contributed by atoms with van der Waals surface area (Å²) in [5.41, 5.74) is 10.2. The number of aliphatic hydroxyl groups excluding tert-OH is 4. The fourth-order valence-electron chi connectivity index (χ4n) is 0.677. The molecule has 0 aromatic rings. The van der Waals surface area contributed by atoms with Crippen molar-refractivity contribution in [3.8, 4) is 0 Å². The molecule has 0 bridgehead atoms. The Bertz CT molecular complexity index is 129. The van der Waals surface area contributed by atoms with Gasteiger partial charge in [-0.15, -0.1) is 0 Å². The normalized spacial score (nSPS) is 15.2. The molecule has 0 saturated heterocycles. The molecule has 0 spiro atoms. The monoisotopic (exact) mass is 514 g/mol. The van der Waals surface area contributed by atoms with Crippen molar-refractivity contribution in [2.24, 2.45) is 11.5 Å². The minimum atomic E-state index is -1.50. The van der Waals surface area contributed by atoms with Gasteiger partial charge < -0.3 is 81.5 Å². The number of halogens is 4. The van der Waals surface area contributed by atoms with E-state index < -0.39 is 31.0 Å². The first-order valence-electron chi connectivity index (χ1n) is 3.50. The zero-order chi connectivity index (χ0) is 9.72. The van der Waals surface area contributed by atoms with Crippen molar-refractivity contribution in [1.82, 2.24) is 0 Å². The third-order valence-electron chi connectivity index (χ3n) is 1.55. The number of aliphatic hydroxyl groups is 4. The van der Waals surface area contributed by atoms with Gasteiger partial charge in [-0.1, -0.05) is 6.04 Å². The van der Waals surface area contributed by atoms with Crippen LogP contribution < -0.4 is 61.1 Å². The Morgan fingerprint density at radius 2 is 1.29 bits per heavy atom. The number of nitrogens with two attached hydrogens (primary N) is 2. The molecule has 0 aromatic carbocycles. The summed E-state index contributed by atoms with van der Waals surface area (Å²) in [6.45, 7) is 0.355. The maximum absolute atomic E-state index is 9.13. The Kier molecular flexibility index (Phi) is 42.6. The largest absolute Gasteiger partial charge is 4.00 e. The summed E-state index contributed by atoms with van der Waals surface area (Å²) in [7, 11) is 0. The van der Waals surface area contributed by atoms with E-state index in [2.05, 4.69) is 0 Å². The van der Waals surface area contributed by atoms with Crippen LogP contribution in [0.25, 0.3) is 0 Å². The van der Waals surface area contributed by atoms with Crippen LogP contribution in [0.15, 0.2) is 0 Å². The van der Waals surface area contributed by atoms with Gasteiger partial charge in [0.15, 0.2) is 0 Å². The van der Waals surface area contributed by atoms with Gasteiger partial charge in [-0.2, -0.15) is 0 Å². The second kappa shape index (κ2) is 19.9. The van der Waals surface area contributed by atoms with Crippen LogP contribution >= 0.6 is 0 Å². The van der Waals surface area contributed by atoms with Gasteiger partial charge in [0, 0.05) is 0 Å². The fraction of sp³-hybridized carbons (Fsp3) is 0.833. The summed E-state index contributed by atoms with van der Waals surface area (Å²) in [5, 5.41) is 35.5. The number of rotatable bonds is 5. The summed E-state index contributed by atoms with van der Waals surface area (Å²) in [4.78, 5) is 0. The van der Waals surface area contributed by atoms with Crippen LogP contribution in [0.1, 0.15) is 0 Å². The molecule has 4 atom stereocenters. The Labute approximate surface area is 139 Å². The minimum Gasteiger partial charge on any atom is -1.00 e. The molecular formula is C6H15Cl4N2O4Pt-. The van der Waals surface area contributed by atoms with Gasteiger partial charge >= 0.3 is 21.1 Å². The third kappa shape index (κ3) is 13.8. The molecule has 112 valence electrons. The first kappa shape index (κ1) is 36.3. The fourth-order valence-corrected chi connectivity index (χ4v) is 0.677. The van der Waals surface area contributed by atoms with Crippen LogP contribution in [0, 0.1) is 6.54 Å². The zero-order valence-electron chi connectivity index (χ0n) is 8.37. The van der Waals surface area contributed by atoms with E-state index in [-0.39, 0.29) is 70.7 Å². The van der Waals surface area contributed by atoms with Crippen LogP contribution in [0.3, 0.4) is 0 Å². The van der Waals surface area contributed by atoms with Gasteiger partial charge in [0.25, 0.3) is 0 Å². The maximum Gasteiger partial charge on any atom is 4.00 e. The predicted molar refractivity (Wildman–Crippen MR) is 41.6 cm³/mol. The average Bonchev–Trinajstić information content (AvgIpc) is 2.12. The summed E-state index contributed by atoms with van der Waals surface area (Å²) in [6.07, 6.45) is -4.28. The van der Waals surface area contributed by atoms with Crippen molar-refractivity contribution in [3.63, 3.8) is 0 Å². The molecule has 0 fully saturated rings. The van der Waals surface area contributed by atoms with E-state index in [1.54, 1.807) is 0 Å². The van der Waals surface area contributed by atoms with Crippen LogP contribution in [0.5, 0.6) is 0 Å². The maximum atomic E-state index is 9.13. The second-order valence-corrected chi connectivity index (χ2v) is 2.50. The van der Waals surface area contributed by atoms with Gasteiger partial charge in [-0.25, -0.2) is 0 Å². The summed E-state index contributed by atoms with van der Waals surface area (Å²) < 4.78 is 0. The first-order valence-corrected chi connectivity index (χ1v) is 3.50. The van der Waals surface area contributed by atoms with E-state index >= 15 is 0 Å². The van der Waals surface area contributed by atoms with Gasteiger partial charge in [-0.05, 0) is 0 Å². The van der Waals surface area contributed by atoms with Crippen LogP contribution in [0.4, 0.5) is 0 Å². The molecule has 8 N–H and O–H groups in total. The van der Waals surface area contributed by atoms with Crippen LogP contribution in [-0.4, -0.2) is 51.4 Å². The SMILES string of the molecule is N[CH-][C@@H](N)[C@@H](O)[C@H](O)[C@H](O)CO.[Cl-].[Cl-].[Cl-].[Cl-].[Pt+4]. The van der Waals surface area contributed by atoms with Crippen molar-refractivity contribution < 1.29 is 91.1 Å². The average molecular weight is 516 g/mol. The van der Waals surface area contributed by atoms with E-state index in [4.69, 9.17) is 31.9 Å². The molecule has 0 aromatic heterocycles. The molecule has 0 amide bonds. The van der Waals surface area contributed by atoms with Crippen molar-refractivity contribution in [2.75, 3.05) is 6.61 Å². The molecule has 0 aliphatic rings. The smallest absolute Gasteiger partial charge is 1.00 e. The van der Waals surface area contributed by atoms with Gasteiger partial charge in [0.2, 0.25) is 0 Å². The van der Waals surface area contributed by atoms with Gasteiger partial charge in [0.1, 0.15) is 12.2 Å². The Balaban J connectivity index is -0.0000000605. The standard InChI is InChI=1S/C6H15N2O4.4ClH.Pt/c7-1-3(8)5(11)6(12)4(10)2-9;;;;;/h1,3-6,9-12H,2,7-8H2;4*1H;/q-1;;;;;+4/p-4/t3-,4-,5-,6-;;;;;/m1...../s1. The van der Waals surface area contributed by atoms with E-state index in [0.29, 0.717) is 0 Å².